The molecule has 1 saturated heterocycles. The summed E-state index contributed by atoms with van der Waals surface area (Å²) in [6.45, 7) is 3.63. The van der Waals surface area contributed by atoms with E-state index in [1.807, 2.05) is 6.07 Å². The number of benzene rings is 2. The highest BCUT2D eigenvalue weighted by atomic mass is 35.5. The number of halogens is 5. The SMILES string of the molecule is CC(C)(C)OC(=O)N1CC(=O)N(c2cc(C#N)ccn2)C(C(=O)N(c2cc(F)cc(F)c2)[C@H](C(=O)NC2CC(F)(F)C2)c2ccccc2Cl)C1. The van der Waals surface area contributed by atoms with Crippen LogP contribution in [0.4, 0.5) is 33.9 Å². The van der Waals surface area contributed by atoms with E-state index in [2.05, 4.69) is 10.3 Å². The predicted octanol–water partition coefficient (Wildman–Crippen LogP) is 5.53. The van der Waals surface area contributed by atoms with Gasteiger partial charge < -0.3 is 10.1 Å². The van der Waals surface area contributed by atoms with Gasteiger partial charge in [-0.2, -0.15) is 5.26 Å². The lowest BCUT2D eigenvalue weighted by Crippen LogP contribution is -2.65. The predicted molar refractivity (Wildman–Crippen MR) is 172 cm³/mol. The first-order valence-corrected chi connectivity index (χ1v) is 15.7. The lowest BCUT2D eigenvalue weighted by Gasteiger charge is -2.43. The summed E-state index contributed by atoms with van der Waals surface area (Å²) >= 11 is 6.52. The molecule has 262 valence electrons. The first kappa shape index (κ1) is 36.1. The minimum atomic E-state index is -3.03. The molecule has 2 aromatic carbocycles. The third-order valence-corrected chi connectivity index (χ3v) is 8.21. The number of hydrogen-bond acceptors (Lipinski definition) is 7. The summed E-state index contributed by atoms with van der Waals surface area (Å²) in [6.07, 6.45) is -1.12. The number of anilines is 2. The highest BCUT2D eigenvalue weighted by molar-refractivity contribution is 6.31. The minimum absolute atomic E-state index is 0.0435. The van der Waals surface area contributed by atoms with E-state index in [1.54, 1.807) is 20.8 Å². The molecule has 5 rings (SSSR count). The summed E-state index contributed by atoms with van der Waals surface area (Å²) in [5, 5.41) is 12.0. The molecular weight excluding hydrogens is 684 g/mol. The molecule has 11 nitrogen and oxygen atoms in total. The summed E-state index contributed by atoms with van der Waals surface area (Å²) in [5.74, 6) is -8.47. The zero-order chi connectivity index (χ0) is 36.5. The van der Waals surface area contributed by atoms with Crippen LogP contribution in [0.15, 0.2) is 60.8 Å². The lowest BCUT2D eigenvalue weighted by molar-refractivity contribution is -0.133. The van der Waals surface area contributed by atoms with E-state index in [1.165, 1.54) is 42.6 Å². The molecule has 3 aromatic rings. The summed E-state index contributed by atoms with van der Waals surface area (Å²) in [4.78, 5) is 62.9. The minimum Gasteiger partial charge on any atom is -0.444 e. The maximum atomic E-state index is 15.0. The van der Waals surface area contributed by atoms with Crippen molar-refractivity contribution in [2.75, 3.05) is 22.9 Å². The molecule has 50 heavy (non-hydrogen) atoms. The number of alkyl halides is 2. The van der Waals surface area contributed by atoms with E-state index in [4.69, 9.17) is 16.3 Å². The number of amides is 4. The van der Waals surface area contributed by atoms with Crippen molar-refractivity contribution in [1.82, 2.24) is 15.2 Å². The van der Waals surface area contributed by atoms with Gasteiger partial charge in [-0.15, -0.1) is 0 Å². The summed E-state index contributed by atoms with van der Waals surface area (Å²) < 4.78 is 62.7. The van der Waals surface area contributed by atoms with Crippen LogP contribution in [-0.2, 0) is 19.1 Å². The average molecular weight is 715 g/mol. The Labute approximate surface area is 289 Å². The van der Waals surface area contributed by atoms with Gasteiger partial charge in [-0.05, 0) is 51.1 Å². The molecule has 1 aromatic heterocycles. The number of carbonyl (C=O) groups is 4. The number of nitrogens with one attached hydrogen (secondary N) is 1. The van der Waals surface area contributed by atoms with Crippen LogP contribution in [0.5, 0.6) is 0 Å². The number of nitriles is 1. The van der Waals surface area contributed by atoms with Crippen LogP contribution in [0, 0.1) is 23.0 Å². The van der Waals surface area contributed by atoms with Crippen LogP contribution in [0.25, 0.3) is 0 Å². The number of piperazine rings is 1. The zero-order valence-corrected chi connectivity index (χ0v) is 27.8. The van der Waals surface area contributed by atoms with E-state index in [9.17, 15) is 37.2 Å². The molecule has 1 aliphatic heterocycles. The number of rotatable bonds is 7. The van der Waals surface area contributed by atoms with E-state index >= 15 is 4.79 Å². The molecule has 1 saturated carbocycles. The van der Waals surface area contributed by atoms with Crippen LogP contribution in [0.2, 0.25) is 5.02 Å². The molecule has 1 aliphatic carbocycles. The molecule has 2 heterocycles. The fourth-order valence-corrected chi connectivity index (χ4v) is 5.95. The topological polar surface area (TPSA) is 136 Å². The van der Waals surface area contributed by atoms with E-state index in [-0.39, 0.29) is 22.0 Å². The van der Waals surface area contributed by atoms with Crippen molar-refractivity contribution in [3.63, 3.8) is 0 Å². The van der Waals surface area contributed by atoms with Crippen molar-refractivity contribution in [2.45, 2.75) is 63.3 Å². The first-order valence-electron chi connectivity index (χ1n) is 15.3. The van der Waals surface area contributed by atoms with Crippen molar-refractivity contribution < 1.29 is 41.5 Å². The number of hydrogen-bond donors (Lipinski definition) is 1. The van der Waals surface area contributed by atoms with Crippen molar-refractivity contribution >= 4 is 46.9 Å². The molecule has 1 N–H and O–H groups in total. The second-order valence-corrected chi connectivity index (χ2v) is 13.3. The number of ether oxygens (including phenoxy) is 1. The number of carbonyl (C=O) groups excluding carboxylic acids is 4. The normalized spacial score (nSPS) is 18.1. The van der Waals surface area contributed by atoms with E-state index in [0.717, 1.165) is 21.9 Å². The van der Waals surface area contributed by atoms with Crippen molar-refractivity contribution in [1.29, 1.82) is 5.26 Å². The quantitative estimate of drug-likeness (QED) is 0.318. The van der Waals surface area contributed by atoms with E-state index < -0.39 is 96.7 Å². The molecule has 4 amide bonds. The third kappa shape index (κ3) is 7.97. The van der Waals surface area contributed by atoms with Crippen LogP contribution < -0.4 is 15.1 Å². The molecule has 2 aliphatic rings. The Kier molecular flexibility index (Phi) is 10.1. The first-order chi connectivity index (χ1) is 23.5. The van der Waals surface area contributed by atoms with Crippen molar-refractivity contribution in [3.05, 3.63) is 88.6 Å². The van der Waals surface area contributed by atoms with Gasteiger partial charge in [0, 0.05) is 41.7 Å². The summed E-state index contributed by atoms with van der Waals surface area (Å²) in [6, 6.07) is 7.75. The summed E-state index contributed by atoms with van der Waals surface area (Å²) in [5.41, 5.74) is -1.47. The fraction of sp³-hybridized carbons (Fsp3) is 0.353. The number of aromatic nitrogens is 1. The standard InChI is InChI=1S/C34H31ClF4N6O5/c1-33(2,3)50-32(49)43-17-26(45(28(46)18-43)27-10-19(16-40)8-9-41-27)31(48)44(23-12-20(36)11-21(37)13-23)29(24-6-4-5-7-25(24)35)30(47)42-22-14-34(38,39)15-22/h4-13,22,26,29H,14-15,17-18H2,1-3H3,(H,42,47)/t26?,29-/m0/s1. The Bertz CT molecular complexity index is 1850. The molecule has 0 spiro atoms. The van der Waals surface area contributed by atoms with Crippen LogP contribution >= 0.6 is 11.6 Å². The Morgan fingerprint density at radius 3 is 2.36 bits per heavy atom. The highest BCUT2D eigenvalue weighted by Gasteiger charge is 2.49. The third-order valence-electron chi connectivity index (χ3n) is 7.86. The Balaban J connectivity index is 1.69. The van der Waals surface area contributed by atoms with Gasteiger partial charge in [0.05, 0.1) is 23.9 Å². The molecule has 0 radical (unpaired) electrons. The lowest BCUT2D eigenvalue weighted by atomic mass is 9.87. The van der Waals surface area contributed by atoms with Gasteiger partial charge >= 0.3 is 6.09 Å². The molecule has 1 unspecified atom stereocenters. The highest BCUT2D eigenvalue weighted by Crippen LogP contribution is 2.39. The van der Waals surface area contributed by atoms with Gasteiger partial charge in [-0.25, -0.2) is 27.3 Å². The second kappa shape index (κ2) is 13.9. The summed E-state index contributed by atoms with van der Waals surface area (Å²) in [7, 11) is 0. The van der Waals surface area contributed by atoms with Gasteiger partial charge in [0.1, 0.15) is 41.7 Å². The monoisotopic (exact) mass is 714 g/mol. The Morgan fingerprint density at radius 1 is 1.10 bits per heavy atom. The smallest absolute Gasteiger partial charge is 0.410 e. The van der Waals surface area contributed by atoms with Gasteiger partial charge in [0.2, 0.25) is 11.8 Å². The van der Waals surface area contributed by atoms with Gasteiger partial charge in [-0.3, -0.25) is 29.1 Å². The molecule has 0 bridgehead atoms. The fourth-order valence-electron chi connectivity index (χ4n) is 5.71. The molecule has 16 heteroatoms. The Morgan fingerprint density at radius 2 is 1.76 bits per heavy atom. The molecule has 2 atom stereocenters. The second-order valence-electron chi connectivity index (χ2n) is 12.9. The molecule has 2 fully saturated rings. The maximum absolute atomic E-state index is 15.0. The molecular formula is C34H31ClF4N6O5. The largest absolute Gasteiger partial charge is 0.444 e. The van der Waals surface area contributed by atoms with Gasteiger partial charge in [0.25, 0.3) is 11.8 Å². The van der Waals surface area contributed by atoms with Gasteiger partial charge in [0.15, 0.2) is 0 Å². The zero-order valence-electron chi connectivity index (χ0n) is 27.0. The Hall–Kier alpha value is -5.23. The van der Waals surface area contributed by atoms with Gasteiger partial charge in [-0.1, -0.05) is 29.8 Å². The van der Waals surface area contributed by atoms with Crippen LogP contribution in [0.1, 0.15) is 50.8 Å². The number of pyridine rings is 1. The maximum Gasteiger partial charge on any atom is 0.410 e. The van der Waals surface area contributed by atoms with E-state index in [0.29, 0.717) is 11.0 Å². The van der Waals surface area contributed by atoms with Crippen LogP contribution in [0.3, 0.4) is 0 Å². The van der Waals surface area contributed by atoms with Crippen molar-refractivity contribution in [3.8, 4) is 6.07 Å². The number of nitrogens with zero attached hydrogens (tertiary/aromatic N) is 5. The average Bonchev–Trinajstić information content (AvgIpc) is 3.01. The van der Waals surface area contributed by atoms with Crippen molar-refractivity contribution in [2.24, 2.45) is 0 Å². The van der Waals surface area contributed by atoms with Crippen LogP contribution in [-0.4, -0.2) is 70.4 Å².